The first-order chi connectivity index (χ1) is 8.96. The molecule has 102 valence electrons. The van der Waals surface area contributed by atoms with E-state index in [1.165, 1.54) is 6.33 Å². The Balaban J connectivity index is 2.17. The van der Waals surface area contributed by atoms with Gasteiger partial charge < -0.3 is 5.32 Å². The molecule has 0 saturated heterocycles. The predicted molar refractivity (Wildman–Crippen MR) is 78.9 cm³/mol. The molecule has 19 heavy (non-hydrogen) atoms. The average molecular weight is 279 g/mol. The summed E-state index contributed by atoms with van der Waals surface area (Å²) in [7, 11) is 0. The van der Waals surface area contributed by atoms with Crippen molar-refractivity contribution in [1.82, 2.24) is 14.8 Å². The Morgan fingerprint density at radius 3 is 2.74 bits per heavy atom. The van der Waals surface area contributed by atoms with Gasteiger partial charge in [-0.05, 0) is 30.0 Å². The van der Waals surface area contributed by atoms with Crippen molar-refractivity contribution in [3.63, 3.8) is 0 Å². The second kappa shape index (κ2) is 5.61. The molecule has 5 heteroatoms. The summed E-state index contributed by atoms with van der Waals surface area (Å²) in [5, 5.41) is 8.29. The van der Waals surface area contributed by atoms with E-state index in [0.29, 0.717) is 10.4 Å². The molecule has 0 unspecified atom stereocenters. The van der Waals surface area contributed by atoms with Gasteiger partial charge in [-0.15, -0.1) is 0 Å². The SMILES string of the molecule is CC(C)(C)CCNc1cc(Cl)ccc1-n1cncn1. The first-order valence-electron chi connectivity index (χ1n) is 6.34. The van der Waals surface area contributed by atoms with Gasteiger partial charge >= 0.3 is 0 Å². The summed E-state index contributed by atoms with van der Waals surface area (Å²) in [4.78, 5) is 3.97. The van der Waals surface area contributed by atoms with Gasteiger partial charge in [0, 0.05) is 11.6 Å². The fourth-order valence-electron chi connectivity index (χ4n) is 1.75. The van der Waals surface area contributed by atoms with Gasteiger partial charge in [-0.25, -0.2) is 9.67 Å². The largest absolute Gasteiger partial charge is 0.383 e. The zero-order valence-electron chi connectivity index (χ0n) is 11.5. The van der Waals surface area contributed by atoms with Crippen LogP contribution in [0.4, 0.5) is 5.69 Å². The smallest absolute Gasteiger partial charge is 0.138 e. The van der Waals surface area contributed by atoms with E-state index in [9.17, 15) is 0 Å². The van der Waals surface area contributed by atoms with Crippen molar-refractivity contribution in [2.45, 2.75) is 27.2 Å². The lowest BCUT2D eigenvalue weighted by Crippen LogP contribution is -2.14. The van der Waals surface area contributed by atoms with Crippen molar-refractivity contribution in [1.29, 1.82) is 0 Å². The Bertz CT molecular complexity index is 529. The Kier molecular flexibility index (Phi) is 4.10. The molecule has 0 amide bonds. The maximum absolute atomic E-state index is 6.06. The maximum Gasteiger partial charge on any atom is 0.138 e. The predicted octanol–water partition coefficient (Wildman–Crippen LogP) is 3.77. The van der Waals surface area contributed by atoms with E-state index in [-0.39, 0.29) is 0 Å². The second-order valence-corrected chi connectivity index (χ2v) is 6.18. The topological polar surface area (TPSA) is 42.7 Å². The molecule has 1 N–H and O–H groups in total. The highest BCUT2D eigenvalue weighted by molar-refractivity contribution is 6.31. The van der Waals surface area contributed by atoms with E-state index < -0.39 is 0 Å². The second-order valence-electron chi connectivity index (χ2n) is 5.74. The molecule has 4 nitrogen and oxygen atoms in total. The van der Waals surface area contributed by atoms with Crippen molar-refractivity contribution in [3.05, 3.63) is 35.9 Å². The molecule has 0 radical (unpaired) electrons. The number of halogens is 1. The number of nitrogens with zero attached hydrogens (tertiary/aromatic N) is 3. The minimum Gasteiger partial charge on any atom is -0.383 e. The van der Waals surface area contributed by atoms with Gasteiger partial charge in [0.1, 0.15) is 12.7 Å². The lowest BCUT2D eigenvalue weighted by Gasteiger charge is -2.19. The van der Waals surface area contributed by atoms with E-state index in [0.717, 1.165) is 24.3 Å². The van der Waals surface area contributed by atoms with E-state index in [2.05, 4.69) is 36.2 Å². The lowest BCUT2D eigenvalue weighted by atomic mass is 9.92. The summed E-state index contributed by atoms with van der Waals surface area (Å²) in [5.41, 5.74) is 2.23. The summed E-state index contributed by atoms with van der Waals surface area (Å²) in [6, 6.07) is 5.71. The van der Waals surface area contributed by atoms with Gasteiger partial charge in [-0.2, -0.15) is 5.10 Å². The average Bonchev–Trinajstić information content (AvgIpc) is 2.81. The van der Waals surface area contributed by atoms with Crippen molar-refractivity contribution in [2.24, 2.45) is 5.41 Å². The molecule has 1 heterocycles. The molecule has 1 aromatic carbocycles. The Labute approximate surface area is 118 Å². The third-order valence-corrected chi connectivity index (χ3v) is 3.05. The highest BCUT2D eigenvalue weighted by Gasteiger charge is 2.11. The molecule has 0 aliphatic heterocycles. The number of aromatic nitrogens is 3. The molecule has 2 rings (SSSR count). The van der Waals surface area contributed by atoms with Gasteiger partial charge in [-0.3, -0.25) is 0 Å². The van der Waals surface area contributed by atoms with Crippen LogP contribution in [0, 0.1) is 5.41 Å². The van der Waals surface area contributed by atoms with E-state index in [1.807, 2.05) is 18.2 Å². The number of rotatable bonds is 4. The molecular formula is C14H19ClN4. The Morgan fingerprint density at radius 1 is 1.32 bits per heavy atom. The number of hydrogen-bond acceptors (Lipinski definition) is 3. The van der Waals surface area contributed by atoms with Crippen LogP contribution in [0.25, 0.3) is 5.69 Å². The van der Waals surface area contributed by atoms with Crippen molar-refractivity contribution in [3.8, 4) is 5.69 Å². The highest BCUT2D eigenvalue weighted by atomic mass is 35.5. The van der Waals surface area contributed by atoms with Crippen molar-refractivity contribution in [2.75, 3.05) is 11.9 Å². The third kappa shape index (κ3) is 3.96. The molecule has 0 spiro atoms. The van der Waals surface area contributed by atoms with Crippen LogP contribution in [0.2, 0.25) is 5.02 Å². The van der Waals surface area contributed by atoms with Crippen LogP contribution in [0.1, 0.15) is 27.2 Å². The van der Waals surface area contributed by atoms with Crippen LogP contribution in [-0.2, 0) is 0 Å². The van der Waals surface area contributed by atoms with Crippen LogP contribution in [0.15, 0.2) is 30.9 Å². The standard InChI is InChI=1S/C14H19ClN4/c1-14(2,3)6-7-17-12-8-11(15)4-5-13(12)19-10-16-9-18-19/h4-5,8-10,17H,6-7H2,1-3H3. The van der Waals surface area contributed by atoms with Crippen molar-refractivity contribution < 1.29 is 0 Å². The van der Waals surface area contributed by atoms with Crippen LogP contribution < -0.4 is 5.32 Å². The number of nitrogens with one attached hydrogen (secondary N) is 1. The Hall–Kier alpha value is -1.55. The Morgan fingerprint density at radius 2 is 2.11 bits per heavy atom. The first-order valence-corrected chi connectivity index (χ1v) is 6.72. The van der Waals surface area contributed by atoms with Gasteiger partial charge in [0.2, 0.25) is 0 Å². The summed E-state index contributed by atoms with van der Waals surface area (Å²) in [6.45, 7) is 7.58. The highest BCUT2D eigenvalue weighted by Crippen LogP contribution is 2.25. The van der Waals surface area contributed by atoms with Gasteiger partial charge in [0.25, 0.3) is 0 Å². The molecule has 0 bridgehead atoms. The number of hydrogen-bond donors (Lipinski definition) is 1. The van der Waals surface area contributed by atoms with Crippen LogP contribution in [-0.4, -0.2) is 21.3 Å². The fourth-order valence-corrected chi connectivity index (χ4v) is 1.93. The van der Waals surface area contributed by atoms with Crippen molar-refractivity contribution >= 4 is 17.3 Å². The minimum absolute atomic E-state index is 0.305. The van der Waals surface area contributed by atoms with E-state index >= 15 is 0 Å². The molecular weight excluding hydrogens is 260 g/mol. The van der Waals surface area contributed by atoms with Gasteiger partial charge in [-0.1, -0.05) is 32.4 Å². The minimum atomic E-state index is 0.305. The molecule has 2 aromatic rings. The summed E-state index contributed by atoms with van der Waals surface area (Å²) in [6.07, 6.45) is 4.28. The summed E-state index contributed by atoms with van der Waals surface area (Å²) >= 11 is 6.06. The molecule has 0 aliphatic rings. The monoisotopic (exact) mass is 278 g/mol. The zero-order chi connectivity index (χ0) is 13.9. The van der Waals surface area contributed by atoms with E-state index in [1.54, 1.807) is 11.0 Å². The molecule has 0 aliphatic carbocycles. The first kappa shape index (κ1) is 13.9. The quantitative estimate of drug-likeness (QED) is 0.926. The summed E-state index contributed by atoms with van der Waals surface area (Å²) < 4.78 is 1.73. The molecule has 0 saturated carbocycles. The third-order valence-electron chi connectivity index (χ3n) is 2.81. The van der Waals surface area contributed by atoms with Crippen LogP contribution >= 0.6 is 11.6 Å². The summed E-state index contributed by atoms with van der Waals surface area (Å²) in [5.74, 6) is 0. The molecule has 0 fully saturated rings. The number of anilines is 1. The number of benzene rings is 1. The maximum atomic E-state index is 6.06. The van der Waals surface area contributed by atoms with Crippen LogP contribution in [0.5, 0.6) is 0 Å². The molecule has 1 aromatic heterocycles. The van der Waals surface area contributed by atoms with Gasteiger partial charge in [0.05, 0.1) is 11.4 Å². The van der Waals surface area contributed by atoms with E-state index in [4.69, 9.17) is 11.6 Å². The normalized spacial score (nSPS) is 11.6. The molecule has 0 atom stereocenters. The van der Waals surface area contributed by atoms with Crippen LogP contribution in [0.3, 0.4) is 0 Å². The van der Waals surface area contributed by atoms with Gasteiger partial charge in [0.15, 0.2) is 0 Å². The zero-order valence-corrected chi connectivity index (χ0v) is 12.3. The fraction of sp³-hybridized carbons (Fsp3) is 0.429. The lowest BCUT2D eigenvalue weighted by molar-refractivity contribution is 0.390.